The zero-order valence-electron chi connectivity index (χ0n) is 10.2. The SMILES string of the molecule is CCC[C@@H](c1cccs1)N1CCNCC1.Cl.Cl. The number of piperazine rings is 1. The van der Waals surface area contributed by atoms with E-state index in [9.17, 15) is 0 Å². The Morgan fingerprint density at radius 3 is 2.59 bits per heavy atom. The van der Waals surface area contributed by atoms with Gasteiger partial charge in [0.25, 0.3) is 0 Å². The van der Waals surface area contributed by atoms with Gasteiger partial charge in [-0.1, -0.05) is 19.4 Å². The molecule has 2 rings (SSSR count). The van der Waals surface area contributed by atoms with Crippen molar-refractivity contribution in [2.75, 3.05) is 26.2 Å². The maximum Gasteiger partial charge on any atom is 0.0442 e. The summed E-state index contributed by atoms with van der Waals surface area (Å²) in [6.07, 6.45) is 2.56. The summed E-state index contributed by atoms with van der Waals surface area (Å²) in [5.41, 5.74) is 0. The molecule has 17 heavy (non-hydrogen) atoms. The van der Waals surface area contributed by atoms with Gasteiger partial charge in [0, 0.05) is 37.1 Å². The molecule has 2 heterocycles. The Morgan fingerprint density at radius 2 is 2.06 bits per heavy atom. The lowest BCUT2D eigenvalue weighted by atomic mass is 10.1. The first-order chi connectivity index (χ1) is 7.42. The van der Waals surface area contributed by atoms with Gasteiger partial charge >= 0.3 is 0 Å². The molecule has 1 aliphatic heterocycles. The molecular weight excluding hydrogens is 275 g/mol. The van der Waals surface area contributed by atoms with Crippen LogP contribution in [0.1, 0.15) is 30.7 Å². The van der Waals surface area contributed by atoms with E-state index in [2.05, 4.69) is 34.7 Å². The topological polar surface area (TPSA) is 15.3 Å². The van der Waals surface area contributed by atoms with Crippen LogP contribution in [-0.4, -0.2) is 31.1 Å². The molecule has 1 saturated heterocycles. The molecule has 1 aromatic rings. The number of rotatable bonds is 4. The average molecular weight is 297 g/mol. The van der Waals surface area contributed by atoms with E-state index in [1.807, 2.05) is 11.3 Å². The Bertz CT molecular complexity index is 274. The molecular formula is C12H22Cl2N2S. The van der Waals surface area contributed by atoms with Crippen LogP contribution in [0.15, 0.2) is 17.5 Å². The Hall–Kier alpha value is 0.200. The Labute approximate surface area is 121 Å². The number of hydrogen-bond donors (Lipinski definition) is 1. The number of thiophene rings is 1. The average Bonchev–Trinajstić information content (AvgIpc) is 2.80. The minimum Gasteiger partial charge on any atom is -0.314 e. The first-order valence-electron chi connectivity index (χ1n) is 5.90. The maximum atomic E-state index is 3.42. The van der Waals surface area contributed by atoms with Crippen LogP contribution in [-0.2, 0) is 0 Å². The van der Waals surface area contributed by atoms with Crippen LogP contribution in [0.4, 0.5) is 0 Å². The van der Waals surface area contributed by atoms with Crippen molar-refractivity contribution in [2.45, 2.75) is 25.8 Å². The fraction of sp³-hybridized carbons (Fsp3) is 0.667. The van der Waals surface area contributed by atoms with Crippen molar-refractivity contribution in [3.63, 3.8) is 0 Å². The summed E-state index contributed by atoms with van der Waals surface area (Å²) in [7, 11) is 0. The van der Waals surface area contributed by atoms with Gasteiger partial charge in [-0.15, -0.1) is 36.2 Å². The van der Waals surface area contributed by atoms with Gasteiger partial charge in [-0.05, 0) is 17.9 Å². The highest BCUT2D eigenvalue weighted by atomic mass is 35.5. The Morgan fingerprint density at radius 1 is 1.35 bits per heavy atom. The highest BCUT2D eigenvalue weighted by Crippen LogP contribution is 2.29. The molecule has 1 aliphatic rings. The molecule has 1 fully saturated rings. The van der Waals surface area contributed by atoms with Gasteiger partial charge in [-0.2, -0.15) is 0 Å². The molecule has 0 bridgehead atoms. The fourth-order valence-corrected chi connectivity index (χ4v) is 3.15. The Kier molecular flexibility index (Phi) is 9.28. The van der Waals surface area contributed by atoms with Crippen LogP contribution in [0.25, 0.3) is 0 Å². The summed E-state index contributed by atoms with van der Waals surface area (Å²) in [4.78, 5) is 4.17. The van der Waals surface area contributed by atoms with Gasteiger partial charge in [-0.3, -0.25) is 4.90 Å². The highest BCUT2D eigenvalue weighted by molar-refractivity contribution is 7.10. The van der Waals surface area contributed by atoms with Crippen LogP contribution in [0.2, 0.25) is 0 Å². The van der Waals surface area contributed by atoms with Crippen LogP contribution in [0.5, 0.6) is 0 Å². The summed E-state index contributed by atoms with van der Waals surface area (Å²) in [5, 5.41) is 5.61. The predicted molar refractivity (Wildman–Crippen MR) is 80.9 cm³/mol. The Balaban J connectivity index is 0.00000128. The molecule has 1 aromatic heterocycles. The summed E-state index contributed by atoms with van der Waals surface area (Å²) in [6.45, 7) is 6.96. The second-order valence-corrected chi connectivity index (χ2v) is 5.09. The molecule has 1 atom stereocenters. The molecule has 0 aromatic carbocycles. The third-order valence-corrected chi connectivity index (χ3v) is 4.00. The third kappa shape index (κ3) is 4.76. The number of nitrogens with zero attached hydrogens (tertiary/aromatic N) is 1. The monoisotopic (exact) mass is 296 g/mol. The largest absolute Gasteiger partial charge is 0.314 e. The maximum absolute atomic E-state index is 3.42. The van der Waals surface area contributed by atoms with Gasteiger partial charge in [0.1, 0.15) is 0 Å². The summed E-state index contributed by atoms with van der Waals surface area (Å²) < 4.78 is 0. The zero-order chi connectivity index (χ0) is 10.5. The van der Waals surface area contributed by atoms with Gasteiger partial charge < -0.3 is 5.32 Å². The second-order valence-electron chi connectivity index (χ2n) is 4.11. The van der Waals surface area contributed by atoms with Crippen molar-refractivity contribution < 1.29 is 0 Å². The molecule has 0 radical (unpaired) electrons. The molecule has 0 amide bonds. The first-order valence-corrected chi connectivity index (χ1v) is 6.78. The first kappa shape index (κ1) is 17.2. The van der Waals surface area contributed by atoms with E-state index in [1.54, 1.807) is 4.88 Å². The van der Waals surface area contributed by atoms with Gasteiger partial charge in [-0.25, -0.2) is 0 Å². The van der Waals surface area contributed by atoms with Gasteiger partial charge in [0.15, 0.2) is 0 Å². The molecule has 0 saturated carbocycles. The summed E-state index contributed by atoms with van der Waals surface area (Å²) >= 11 is 1.90. The van der Waals surface area contributed by atoms with E-state index >= 15 is 0 Å². The number of halogens is 2. The van der Waals surface area contributed by atoms with Gasteiger partial charge in [0.2, 0.25) is 0 Å². The molecule has 1 N–H and O–H groups in total. The molecule has 0 aliphatic carbocycles. The second kappa shape index (κ2) is 9.17. The standard InChI is InChI=1S/C12H20N2S.2ClH/c1-2-4-11(12-5-3-10-15-12)14-8-6-13-7-9-14;;/h3,5,10-11,13H,2,4,6-9H2,1H3;2*1H/t11-;;/m0../s1. The van der Waals surface area contributed by atoms with E-state index in [0.717, 1.165) is 13.1 Å². The molecule has 0 unspecified atom stereocenters. The molecule has 0 spiro atoms. The van der Waals surface area contributed by atoms with Crippen LogP contribution in [0, 0.1) is 0 Å². The number of hydrogen-bond acceptors (Lipinski definition) is 3. The van der Waals surface area contributed by atoms with E-state index in [-0.39, 0.29) is 24.8 Å². The fourth-order valence-electron chi connectivity index (χ4n) is 2.25. The molecule has 100 valence electrons. The van der Waals surface area contributed by atoms with E-state index in [4.69, 9.17) is 0 Å². The van der Waals surface area contributed by atoms with E-state index in [0.29, 0.717) is 6.04 Å². The van der Waals surface area contributed by atoms with Crippen molar-refractivity contribution in [1.82, 2.24) is 10.2 Å². The lowest BCUT2D eigenvalue weighted by Gasteiger charge is -2.34. The lowest BCUT2D eigenvalue weighted by Crippen LogP contribution is -2.44. The van der Waals surface area contributed by atoms with Crippen molar-refractivity contribution in [3.8, 4) is 0 Å². The molecule has 2 nitrogen and oxygen atoms in total. The smallest absolute Gasteiger partial charge is 0.0442 e. The van der Waals surface area contributed by atoms with Crippen molar-refractivity contribution in [3.05, 3.63) is 22.4 Å². The lowest BCUT2D eigenvalue weighted by molar-refractivity contribution is 0.167. The van der Waals surface area contributed by atoms with Crippen molar-refractivity contribution in [1.29, 1.82) is 0 Å². The van der Waals surface area contributed by atoms with Gasteiger partial charge in [0.05, 0.1) is 0 Å². The van der Waals surface area contributed by atoms with Crippen molar-refractivity contribution in [2.24, 2.45) is 0 Å². The minimum absolute atomic E-state index is 0. The van der Waals surface area contributed by atoms with E-state index in [1.165, 1.54) is 25.9 Å². The van der Waals surface area contributed by atoms with E-state index < -0.39 is 0 Å². The third-order valence-electron chi connectivity index (χ3n) is 3.03. The normalized spacial score (nSPS) is 17.9. The van der Waals surface area contributed by atoms with Crippen LogP contribution >= 0.6 is 36.2 Å². The van der Waals surface area contributed by atoms with Crippen molar-refractivity contribution >= 4 is 36.2 Å². The zero-order valence-corrected chi connectivity index (χ0v) is 12.7. The highest BCUT2D eigenvalue weighted by Gasteiger charge is 2.21. The predicted octanol–water partition coefficient (Wildman–Crippen LogP) is 3.34. The summed E-state index contributed by atoms with van der Waals surface area (Å²) in [5.74, 6) is 0. The molecule has 5 heteroatoms. The van der Waals surface area contributed by atoms with Crippen LogP contribution < -0.4 is 5.32 Å². The summed E-state index contributed by atoms with van der Waals surface area (Å²) in [6, 6.07) is 5.12. The van der Waals surface area contributed by atoms with Crippen LogP contribution in [0.3, 0.4) is 0 Å². The number of nitrogens with one attached hydrogen (secondary N) is 1. The quantitative estimate of drug-likeness (QED) is 0.917. The minimum atomic E-state index is 0.